The molecule has 5 nitrogen and oxygen atoms in total. The summed E-state index contributed by atoms with van der Waals surface area (Å²) in [5, 5.41) is 3.25. The summed E-state index contributed by atoms with van der Waals surface area (Å²) in [6.45, 7) is 1.46. The highest BCUT2D eigenvalue weighted by molar-refractivity contribution is 5.80. The Kier molecular flexibility index (Phi) is 2.31. The van der Waals surface area contributed by atoms with Crippen LogP contribution in [0.15, 0.2) is 24.3 Å². The molecule has 1 amide bonds. The summed E-state index contributed by atoms with van der Waals surface area (Å²) in [4.78, 5) is 11.3. The van der Waals surface area contributed by atoms with E-state index < -0.39 is 0 Å². The first-order valence-electron chi connectivity index (χ1n) is 4.57. The van der Waals surface area contributed by atoms with Gasteiger partial charge in [-0.25, -0.2) is 10.9 Å². The molecule has 0 unspecified atom stereocenters. The monoisotopic (exact) mass is 204 g/mol. The zero-order valence-electron chi connectivity index (χ0n) is 8.32. The van der Waals surface area contributed by atoms with Crippen LogP contribution >= 0.6 is 0 Å². The third-order valence-corrected chi connectivity index (χ3v) is 2.24. The number of nitrogens with two attached hydrogens (primary N) is 1. The van der Waals surface area contributed by atoms with Gasteiger partial charge in [0.25, 0.3) is 0 Å². The molecule has 4 N–H and O–H groups in total. The maximum absolute atomic E-state index is 11.3. The number of amides is 1. The lowest BCUT2D eigenvalue weighted by atomic mass is 10.2. The van der Waals surface area contributed by atoms with Crippen molar-refractivity contribution in [2.24, 2.45) is 5.84 Å². The van der Waals surface area contributed by atoms with Gasteiger partial charge in [-0.1, -0.05) is 24.3 Å². The summed E-state index contributed by atoms with van der Waals surface area (Å²) in [7, 11) is 0. The summed E-state index contributed by atoms with van der Waals surface area (Å²) in [5.74, 6) is 5.84. The summed E-state index contributed by atoms with van der Waals surface area (Å²) >= 11 is 0. The van der Waals surface area contributed by atoms with E-state index >= 15 is 0 Å². The van der Waals surface area contributed by atoms with Gasteiger partial charge in [0.15, 0.2) is 5.82 Å². The van der Waals surface area contributed by atoms with Crippen molar-refractivity contribution >= 4 is 17.9 Å². The lowest BCUT2D eigenvalue weighted by Gasteiger charge is -2.25. The fourth-order valence-electron chi connectivity index (χ4n) is 1.55. The number of carbonyl (C=O) groups excluding carboxylic acids is 1. The van der Waals surface area contributed by atoms with Crippen molar-refractivity contribution in [3.05, 3.63) is 34.7 Å². The van der Waals surface area contributed by atoms with Gasteiger partial charge in [0.05, 0.1) is 0 Å². The highest BCUT2D eigenvalue weighted by atomic mass is 16.2. The van der Waals surface area contributed by atoms with Crippen LogP contribution in [-0.4, -0.2) is 10.9 Å². The van der Waals surface area contributed by atoms with Crippen LogP contribution < -0.4 is 27.1 Å². The van der Waals surface area contributed by atoms with Crippen molar-refractivity contribution in [3.63, 3.8) is 0 Å². The van der Waals surface area contributed by atoms with Crippen molar-refractivity contribution in [2.45, 2.75) is 6.92 Å². The summed E-state index contributed by atoms with van der Waals surface area (Å²) < 4.78 is 0. The van der Waals surface area contributed by atoms with Crippen molar-refractivity contribution < 1.29 is 4.79 Å². The van der Waals surface area contributed by atoms with Gasteiger partial charge in [0, 0.05) is 23.6 Å². The Bertz CT molecular complexity index is 508. The van der Waals surface area contributed by atoms with Crippen LogP contribution in [0.4, 0.5) is 0 Å². The number of hydrazine groups is 2. The van der Waals surface area contributed by atoms with Gasteiger partial charge < -0.3 is 5.43 Å². The van der Waals surface area contributed by atoms with E-state index in [1.807, 2.05) is 24.3 Å². The fourth-order valence-corrected chi connectivity index (χ4v) is 1.55. The molecule has 0 bridgehead atoms. The van der Waals surface area contributed by atoms with E-state index in [0.29, 0.717) is 5.82 Å². The number of nitrogens with zero attached hydrogens (tertiary/aromatic N) is 1. The molecule has 0 fully saturated rings. The van der Waals surface area contributed by atoms with Crippen molar-refractivity contribution in [2.75, 3.05) is 0 Å². The lowest BCUT2D eigenvalue weighted by Crippen LogP contribution is -2.53. The van der Waals surface area contributed by atoms with Gasteiger partial charge in [-0.15, -0.1) is 0 Å². The average Bonchev–Trinajstić information content (AvgIpc) is 2.27. The minimum atomic E-state index is -0.131. The number of hydrogen-bond donors (Lipinski definition) is 3. The Balaban J connectivity index is 2.70. The molecule has 1 aliphatic rings. The second kappa shape index (κ2) is 3.62. The predicted molar refractivity (Wildman–Crippen MR) is 56.5 cm³/mol. The molecule has 2 rings (SSSR count). The molecule has 0 aromatic heterocycles. The molecule has 0 aliphatic carbocycles. The van der Waals surface area contributed by atoms with Gasteiger partial charge in [-0.3, -0.25) is 10.2 Å². The Morgan fingerprint density at radius 3 is 2.87 bits per heavy atom. The van der Waals surface area contributed by atoms with Crippen LogP contribution in [0.2, 0.25) is 0 Å². The van der Waals surface area contributed by atoms with Crippen LogP contribution in [0.25, 0.3) is 12.0 Å². The zero-order chi connectivity index (χ0) is 10.8. The Morgan fingerprint density at radius 1 is 1.47 bits per heavy atom. The quantitative estimate of drug-likeness (QED) is 0.377. The van der Waals surface area contributed by atoms with Gasteiger partial charge in [-0.2, -0.15) is 0 Å². The Hall–Kier alpha value is -2.01. The second-order valence-electron chi connectivity index (χ2n) is 3.21. The molecule has 5 heteroatoms. The molecule has 1 aromatic carbocycles. The largest absolute Gasteiger partial charge is 0.308 e. The topological polar surface area (TPSA) is 70.4 Å². The van der Waals surface area contributed by atoms with E-state index in [1.165, 1.54) is 11.9 Å². The number of rotatable bonds is 1. The van der Waals surface area contributed by atoms with Crippen LogP contribution in [0.5, 0.6) is 0 Å². The molecule has 1 aromatic rings. The van der Waals surface area contributed by atoms with Gasteiger partial charge >= 0.3 is 0 Å². The number of carbonyl (C=O) groups is 1. The van der Waals surface area contributed by atoms with E-state index in [1.54, 1.807) is 6.20 Å². The van der Waals surface area contributed by atoms with Gasteiger partial charge in [0.2, 0.25) is 5.91 Å². The highest BCUT2D eigenvalue weighted by Gasteiger charge is 2.15. The molecule has 15 heavy (non-hydrogen) atoms. The van der Waals surface area contributed by atoms with E-state index in [0.717, 1.165) is 10.4 Å². The molecular weight excluding hydrogens is 192 g/mol. The number of fused-ring (bicyclic) bond motifs is 1. The van der Waals surface area contributed by atoms with Crippen LogP contribution in [0.1, 0.15) is 6.92 Å². The molecule has 0 atom stereocenters. The molecule has 78 valence electrons. The summed E-state index contributed by atoms with van der Waals surface area (Å²) in [6.07, 6.45) is 1.76. The van der Waals surface area contributed by atoms with Crippen LogP contribution in [0, 0.1) is 0 Å². The maximum atomic E-state index is 11.3. The fraction of sp³-hybridized carbons (Fsp3) is 0.100. The Morgan fingerprint density at radius 2 is 2.20 bits per heavy atom. The lowest BCUT2D eigenvalue weighted by molar-refractivity contribution is -0.127. The Labute approximate surface area is 86.8 Å². The minimum Gasteiger partial charge on any atom is -0.308 e. The first kappa shape index (κ1) is 9.54. The molecule has 0 spiro atoms. The van der Waals surface area contributed by atoms with Gasteiger partial charge in [0.1, 0.15) is 0 Å². The standard InChI is InChI=1S/C10H12N4O/c1-7(15)14-10(13-11)9-5-3-2-4-8(9)6-12-14/h2-6,12-13H,11H2,1H3. The first-order chi connectivity index (χ1) is 7.24. The smallest absolute Gasteiger partial charge is 0.243 e. The van der Waals surface area contributed by atoms with E-state index in [2.05, 4.69) is 10.9 Å². The molecule has 0 saturated heterocycles. The van der Waals surface area contributed by atoms with Crippen molar-refractivity contribution in [3.8, 4) is 0 Å². The summed E-state index contributed by atoms with van der Waals surface area (Å²) in [5.41, 5.74) is 5.39. The van der Waals surface area contributed by atoms with E-state index in [4.69, 9.17) is 5.84 Å². The average molecular weight is 204 g/mol. The number of benzene rings is 1. The normalized spacial score (nSPS) is 13.7. The van der Waals surface area contributed by atoms with E-state index in [9.17, 15) is 4.79 Å². The summed E-state index contributed by atoms with van der Waals surface area (Å²) in [6, 6.07) is 7.66. The van der Waals surface area contributed by atoms with Crippen LogP contribution in [0.3, 0.4) is 0 Å². The number of nitrogens with one attached hydrogen (secondary N) is 2. The van der Waals surface area contributed by atoms with Crippen LogP contribution in [-0.2, 0) is 4.79 Å². The SMILES string of the molecule is CC(=O)N1NC=c2ccccc2=C1NN. The van der Waals surface area contributed by atoms with Crippen molar-refractivity contribution in [1.29, 1.82) is 0 Å². The first-order valence-corrected chi connectivity index (χ1v) is 4.57. The molecule has 1 aliphatic heterocycles. The zero-order valence-corrected chi connectivity index (χ0v) is 8.32. The minimum absolute atomic E-state index is 0.131. The predicted octanol–water partition coefficient (Wildman–Crippen LogP) is -1.68. The molecule has 0 radical (unpaired) electrons. The molecular formula is C10H12N4O. The number of hydrogen-bond acceptors (Lipinski definition) is 4. The van der Waals surface area contributed by atoms with Crippen molar-refractivity contribution in [1.82, 2.24) is 15.9 Å². The highest BCUT2D eigenvalue weighted by Crippen LogP contribution is 1.97. The van der Waals surface area contributed by atoms with E-state index in [-0.39, 0.29) is 5.91 Å². The third kappa shape index (κ3) is 1.53. The second-order valence-corrected chi connectivity index (χ2v) is 3.21. The molecule has 0 saturated carbocycles. The van der Waals surface area contributed by atoms with Gasteiger partial charge in [-0.05, 0) is 0 Å². The maximum Gasteiger partial charge on any atom is 0.243 e. The molecule has 1 heterocycles. The third-order valence-electron chi connectivity index (χ3n) is 2.24.